The fourth-order valence-electron chi connectivity index (χ4n) is 3.29. The topological polar surface area (TPSA) is 3.24 Å². The third-order valence-electron chi connectivity index (χ3n) is 4.03. The molecule has 80 valence electrons. The van der Waals surface area contributed by atoms with Crippen LogP contribution >= 0.6 is 0 Å². The first-order valence-electron chi connectivity index (χ1n) is 6.26. The smallest absolute Gasteiger partial charge is 0.0351 e. The minimum atomic E-state index is 0.719. The zero-order valence-corrected chi connectivity index (χ0v) is 9.23. The van der Waals surface area contributed by atoms with Crippen molar-refractivity contribution in [1.82, 2.24) is 4.90 Å². The Hall–Kier alpha value is -0.820. The number of rotatable bonds is 1. The summed E-state index contributed by atoms with van der Waals surface area (Å²) in [5.41, 5.74) is 1.53. The molecule has 1 nitrogen and oxygen atoms in total. The van der Waals surface area contributed by atoms with Gasteiger partial charge in [0.2, 0.25) is 0 Å². The molecule has 0 aromatic heterocycles. The molecule has 2 atom stereocenters. The molecule has 0 bridgehead atoms. The van der Waals surface area contributed by atoms with Crippen molar-refractivity contribution < 1.29 is 0 Å². The van der Waals surface area contributed by atoms with Gasteiger partial charge >= 0.3 is 0 Å². The lowest BCUT2D eigenvalue weighted by Gasteiger charge is -2.34. The molecule has 0 radical (unpaired) electrons. The first-order chi connectivity index (χ1) is 7.45. The van der Waals surface area contributed by atoms with E-state index >= 15 is 0 Å². The van der Waals surface area contributed by atoms with Crippen LogP contribution in [0.2, 0.25) is 0 Å². The minimum Gasteiger partial charge on any atom is -0.293 e. The Morgan fingerprint density at radius 2 is 1.80 bits per heavy atom. The van der Waals surface area contributed by atoms with Gasteiger partial charge in [-0.15, -0.1) is 0 Å². The summed E-state index contributed by atoms with van der Waals surface area (Å²) in [7, 11) is 0. The van der Waals surface area contributed by atoms with E-state index in [0.29, 0.717) is 0 Å². The van der Waals surface area contributed by atoms with Gasteiger partial charge in [-0.05, 0) is 37.8 Å². The molecule has 0 aliphatic carbocycles. The molecule has 0 saturated carbocycles. The number of piperidine rings is 1. The quantitative estimate of drug-likeness (QED) is 0.673. The zero-order valence-electron chi connectivity index (χ0n) is 9.23. The Bertz CT molecular complexity index is 319. The largest absolute Gasteiger partial charge is 0.293 e. The molecule has 0 amide bonds. The van der Waals surface area contributed by atoms with Crippen LogP contribution in [0.15, 0.2) is 30.3 Å². The highest BCUT2D eigenvalue weighted by Crippen LogP contribution is 2.39. The minimum absolute atomic E-state index is 0.719. The maximum Gasteiger partial charge on any atom is 0.0351 e. The first kappa shape index (κ1) is 9.41. The fourth-order valence-corrected chi connectivity index (χ4v) is 3.29. The van der Waals surface area contributed by atoms with Crippen LogP contribution < -0.4 is 0 Å². The second-order valence-corrected chi connectivity index (χ2v) is 4.89. The van der Waals surface area contributed by atoms with Crippen molar-refractivity contribution in [2.24, 2.45) is 0 Å². The third kappa shape index (κ3) is 1.69. The zero-order chi connectivity index (χ0) is 10.1. The monoisotopic (exact) mass is 201 g/mol. The summed E-state index contributed by atoms with van der Waals surface area (Å²) in [4.78, 5) is 2.75. The van der Waals surface area contributed by atoms with Gasteiger partial charge in [-0.3, -0.25) is 4.90 Å². The average molecular weight is 201 g/mol. The molecule has 0 unspecified atom stereocenters. The highest BCUT2D eigenvalue weighted by molar-refractivity contribution is 5.20. The van der Waals surface area contributed by atoms with E-state index in [9.17, 15) is 0 Å². The van der Waals surface area contributed by atoms with E-state index in [-0.39, 0.29) is 0 Å². The number of hydrogen-bond acceptors (Lipinski definition) is 1. The molecule has 2 heterocycles. The van der Waals surface area contributed by atoms with Crippen LogP contribution in [0.25, 0.3) is 0 Å². The van der Waals surface area contributed by atoms with Crippen molar-refractivity contribution >= 4 is 0 Å². The first-order valence-corrected chi connectivity index (χ1v) is 6.26. The molecule has 2 aliphatic rings. The highest BCUT2D eigenvalue weighted by atomic mass is 15.2. The number of fused-ring (bicyclic) bond motifs is 1. The van der Waals surface area contributed by atoms with E-state index in [0.717, 1.165) is 12.1 Å². The van der Waals surface area contributed by atoms with Crippen LogP contribution in [0, 0.1) is 0 Å². The molecule has 2 aliphatic heterocycles. The lowest BCUT2D eigenvalue weighted by Crippen LogP contribution is -2.35. The van der Waals surface area contributed by atoms with Gasteiger partial charge in [0.25, 0.3) is 0 Å². The van der Waals surface area contributed by atoms with Crippen LogP contribution in [-0.4, -0.2) is 17.5 Å². The highest BCUT2D eigenvalue weighted by Gasteiger charge is 2.35. The lowest BCUT2D eigenvalue weighted by atomic mass is 10.0. The van der Waals surface area contributed by atoms with Gasteiger partial charge in [0.05, 0.1) is 0 Å². The van der Waals surface area contributed by atoms with E-state index in [1.165, 1.54) is 44.2 Å². The van der Waals surface area contributed by atoms with Gasteiger partial charge in [-0.2, -0.15) is 0 Å². The van der Waals surface area contributed by atoms with E-state index < -0.39 is 0 Å². The van der Waals surface area contributed by atoms with Crippen LogP contribution in [0.1, 0.15) is 43.7 Å². The second-order valence-electron chi connectivity index (χ2n) is 4.89. The summed E-state index contributed by atoms with van der Waals surface area (Å²) in [6.07, 6.45) is 7.07. The molecule has 0 N–H and O–H groups in total. The van der Waals surface area contributed by atoms with E-state index in [4.69, 9.17) is 0 Å². The summed E-state index contributed by atoms with van der Waals surface area (Å²) in [6.45, 7) is 1.32. The molecular weight excluding hydrogens is 182 g/mol. The molecule has 15 heavy (non-hydrogen) atoms. The van der Waals surface area contributed by atoms with Crippen LogP contribution in [-0.2, 0) is 0 Å². The SMILES string of the molecule is c1ccc([C@H]2CC[C@@H]3CCCCN32)cc1. The van der Waals surface area contributed by atoms with Crippen molar-refractivity contribution in [2.45, 2.75) is 44.2 Å². The van der Waals surface area contributed by atoms with Gasteiger partial charge < -0.3 is 0 Å². The van der Waals surface area contributed by atoms with Gasteiger partial charge in [0, 0.05) is 12.1 Å². The maximum atomic E-state index is 2.75. The molecule has 2 fully saturated rings. The van der Waals surface area contributed by atoms with E-state index in [1.807, 2.05) is 0 Å². The van der Waals surface area contributed by atoms with Crippen molar-refractivity contribution in [3.8, 4) is 0 Å². The molecule has 2 saturated heterocycles. The predicted molar refractivity (Wildman–Crippen MR) is 62.8 cm³/mol. The standard InChI is InChI=1S/C14H19N/c1-2-6-12(7-3-1)14-10-9-13-8-4-5-11-15(13)14/h1-3,6-7,13-14H,4-5,8-11H2/t13-,14+/m0/s1. The molecule has 1 aromatic carbocycles. The summed E-state index contributed by atoms with van der Waals surface area (Å²) < 4.78 is 0. The Kier molecular flexibility index (Phi) is 2.49. The second kappa shape index (κ2) is 3.97. The van der Waals surface area contributed by atoms with E-state index in [1.54, 1.807) is 0 Å². The van der Waals surface area contributed by atoms with Crippen molar-refractivity contribution in [1.29, 1.82) is 0 Å². The van der Waals surface area contributed by atoms with Gasteiger partial charge in [-0.25, -0.2) is 0 Å². The summed E-state index contributed by atoms with van der Waals surface area (Å²) >= 11 is 0. The number of nitrogens with zero attached hydrogens (tertiary/aromatic N) is 1. The molecular formula is C14H19N. The fraction of sp³-hybridized carbons (Fsp3) is 0.571. The van der Waals surface area contributed by atoms with Crippen LogP contribution in [0.4, 0.5) is 0 Å². The average Bonchev–Trinajstić information content (AvgIpc) is 2.74. The van der Waals surface area contributed by atoms with Crippen molar-refractivity contribution in [2.75, 3.05) is 6.54 Å². The van der Waals surface area contributed by atoms with Crippen LogP contribution in [0.3, 0.4) is 0 Å². The summed E-state index contributed by atoms with van der Waals surface area (Å²) in [5, 5.41) is 0. The summed E-state index contributed by atoms with van der Waals surface area (Å²) in [6, 6.07) is 12.7. The molecule has 0 spiro atoms. The molecule has 1 aromatic rings. The number of benzene rings is 1. The predicted octanol–water partition coefficient (Wildman–Crippen LogP) is 3.38. The Morgan fingerprint density at radius 3 is 2.67 bits per heavy atom. The Morgan fingerprint density at radius 1 is 0.933 bits per heavy atom. The van der Waals surface area contributed by atoms with Crippen molar-refractivity contribution in [3.63, 3.8) is 0 Å². The normalized spacial score (nSPS) is 31.5. The Labute approximate surface area is 92.1 Å². The summed E-state index contributed by atoms with van der Waals surface area (Å²) in [5.74, 6) is 0. The molecule has 3 rings (SSSR count). The van der Waals surface area contributed by atoms with Gasteiger partial charge in [0.15, 0.2) is 0 Å². The maximum absolute atomic E-state index is 2.75. The van der Waals surface area contributed by atoms with Gasteiger partial charge in [-0.1, -0.05) is 36.8 Å². The molecule has 1 heteroatoms. The van der Waals surface area contributed by atoms with E-state index in [2.05, 4.69) is 35.2 Å². The third-order valence-corrected chi connectivity index (χ3v) is 4.03. The number of hydrogen-bond donors (Lipinski definition) is 0. The van der Waals surface area contributed by atoms with Gasteiger partial charge in [0.1, 0.15) is 0 Å². The lowest BCUT2D eigenvalue weighted by molar-refractivity contribution is 0.150. The van der Waals surface area contributed by atoms with Crippen molar-refractivity contribution in [3.05, 3.63) is 35.9 Å². The Balaban J connectivity index is 1.82. The van der Waals surface area contributed by atoms with Crippen LogP contribution in [0.5, 0.6) is 0 Å².